The van der Waals surface area contributed by atoms with Crippen molar-refractivity contribution in [2.45, 2.75) is 57.5 Å². The third kappa shape index (κ3) is 3.85. The molecule has 2 N–H and O–H groups in total. The number of benzene rings is 1. The molecule has 1 saturated carbocycles. The van der Waals surface area contributed by atoms with Crippen LogP contribution in [0.5, 0.6) is 5.88 Å². The minimum atomic E-state index is -0.000862. The van der Waals surface area contributed by atoms with E-state index in [0.717, 1.165) is 30.9 Å². The lowest BCUT2D eigenvalue weighted by Crippen LogP contribution is -2.36. The molecule has 138 valence electrons. The molecule has 1 aromatic heterocycles. The van der Waals surface area contributed by atoms with Crippen molar-refractivity contribution >= 4 is 22.4 Å². The van der Waals surface area contributed by atoms with E-state index >= 15 is 0 Å². The van der Waals surface area contributed by atoms with E-state index in [0.29, 0.717) is 17.5 Å². The van der Waals surface area contributed by atoms with Crippen molar-refractivity contribution in [3.63, 3.8) is 0 Å². The summed E-state index contributed by atoms with van der Waals surface area (Å²) in [6.07, 6.45) is 7.22. The third-order valence-electron chi connectivity index (χ3n) is 5.40. The van der Waals surface area contributed by atoms with Gasteiger partial charge in [0, 0.05) is 19.1 Å². The first-order valence-corrected chi connectivity index (χ1v) is 10.3. The maximum atomic E-state index is 12.7. The summed E-state index contributed by atoms with van der Waals surface area (Å²) in [5.41, 5.74) is 2.55. The van der Waals surface area contributed by atoms with Gasteiger partial charge in [-0.2, -0.15) is 4.98 Å². The summed E-state index contributed by atoms with van der Waals surface area (Å²) in [6, 6.07) is 8.73. The van der Waals surface area contributed by atoms with Crippen LogP contribution in [0.15, 0.2) is 24.3 Å². The highest BCUT2D eigenvalue weighted by atomic mass is 32.1. The van der Waals surface area contributed by atoms with E-state index in [2.05, 4.69) is 22.4 Å². The Labute approximate surface area is 158 Å². The van der Waals surface area contributed by atoms with Crippen LogP contribution in [0.4, 0.5) is 5.13 Å². The van der Waals surface area contributed by atoms with Crippen LogP contribution >= 0.6 is 11.3 Å². The van der Waals surface area contributed by atoms with Gasteiger partial charge in [0.05, 0.1) is 11.3 Å². The number of carbonyl (C=O) groups is 1. The normalized spacial score (nSPS) is 17.8. The summed E-state index contributed by atoms with van der Waals surface area (Å²) < 4.78 is 0. The lowest BCUT2D eigenvalue weighted by molar-refractivity contribution is -0.131. The number of nitrogens with one attached hydrogen (secondary N) is 1. The minimum absolute atomic E-state index is 0.000862. The highest BCUT2D eigenvalue weighted by molar-refractivity contribution is 7.16. The second-order valence-corrected chi connectivity index (χ2v) is 8.34. The Hall–Kier alpha value is -2.08. The van der Waals surface area contributed by atoms with Gasteiger partial charge in [-0.05, 0) is 30.4 Å². The van der Waals surface area contributed by atoms with Gasteiger partial charge in [-0.1, -0.05) is 54.9 Å². The Morgan fingerprint density at radius 3 is 2.81 bits per heavy atom. The van der Waals surface area contributed by atoms with Crippen LogP contribution in [0, 0.1) is 0 Å². The molecule has 0 saturated heterocycles. The fraction of sp³-hybridized carbons (Fsp3) is 0.500. The number of carbonyl (C=O) groups excluding carboxylic acids is 1. The molecular weight excluding hydrogens is 346 g/mol. The van der Waals surface area contributed by atoms with E-state index in [1.54, 1.807) is 0 Å². The SMILES string of the molecule is O=C(Cc1sc(NC2CCCCC2)nc1O)N1CCc2ccccc2C1. The Kier molecular flexibility index (Phi) is 5.11. The van der Waals surface area contributed by atoms with Crippen molar-refractivity contribution in [3.05, 3.63) is 40.3 Å². The molecule has 4 rings (SSSR count). The van der Waals surface area contributed by atoms with Gasteiger partial charge in [0.2, 0.25) is 11.8 Å². The van der Waals surface area contributed by atoms with Gasteiger partial charge in [-0.25, -0.2) is 0 Å². The van der Waals surface area contributed by atoms with Gasteiger partial charge in [0.1, 0.15) is 0 Å². The van der Waals surface area contributed by atoms with Gasteiger partial charge < -0.3 is 15.3 Å². The molecule has 0 unspecified atom stereocenters. The summed E-state index contributed by atoms with van der Waals surface area (Å²) in [5.74, 6) is 0.0572. The number of aromatic hydroxyl groups is 1. The fourth-order valence-electron chi connectivity index (χ4n) is 3.90. The molecule has 2 aliphatic rings. The Morgan fingerprint density at radius 1 is 1.23 bits per heavy atom. The second kappa shape index (κ2) is 7.66. The predicted molar refractivity (Wildman–Crippen MR) is 104 cm³/mol. The van der Waals surface area contributed by atoms with Crippen molar-refractivity contribution < 1.29 is 9.90 Å². The van der Waals surface area contributed by atoms with Crippen LogP contribution in [-0.4, -0.2) is 33.5 Å². The molecule has 6 heteroatoms. The molecule has 26 heavy (non-hydrogen) atoms. The number of hydrogen-bond acceptors (Lipinski definition) is 5. The van der Waals surface area contributed by atoms with Crippen molar-refractivity contribution in [2.24, 2.45) is 0 Å². The molecule has 0 spiro atoms. The molecule has 1 aliphatic heterocycles. The number of thiazole rings is 1. The third-order valence-corrected chi connectivity index (χ3v) is 6.38. The maximum Gasteiger partial charge on any atom is 0.228 e. The van der Waals surface area contributed by atoms with Crippen molar-refractivity contribution in [1.82, 2.24) is 9.88 Å². The van der Waals surface area contributed by atoms with Crippen LogP contribution < -0.4 is 5.32 Å². The first-order valence-electron chi connectivity index (χ1n) is 9.49. The van der Waals surface area contributed by atoms with Crippen molar-refractivity contribution in [3.8, 4) is 5.88 Å². The molecule has 1 fully saturated rings. The van der Waals surface area contributed by atoms with Gasteiger partial charge in [-0.3, -0.25) is 4.79 Å². The molecule has 1 aromatic carbocycles. The number of nitrogens with zero attached hydrogens (tertiary/aromatic N) is 2. The lowest BCUT2D eigenvalue weighted by atomic mass is 9.96. The van der Waals surface area contributed by atoms with Gasteiger partial charge in [0.25, 0.3) is 0 Å². The van der Waals surface area contributed by atoms with E-state index in [1.807, 2.05) is 17.0 Å². The molecule has 2 heterocycles. The topological polar surface area (TPSA) is 65.5 Å². The van der Waals surface area contributed by atoms with E-state index in [1.165, 1.54) is 41.7 Å². The summed E-state index contributed by atoms with van der Waals surface area (Å²) in [5, 5.41) is 14.3. The average Bonchev–Trinajstić information content (AvgIpc) is 3.01. The smallest absolute Gasteiger partial charge is 0.228 e. The molecule has 1 aliphatic carbocycles. The molecule has 0 radical (unpaired) electrons. The number of rotatable bonds is 4. The number of fused-ring (bicyclic) bond motifs is 1. The standard InChI is InChI=1S/C20H25N3O2S/c24-18(23-11-10-14-6-4-5-7-15(14)13-23)12-17-19(25)22-20(26-17)21-16-8-2-1-3-9-16/h4-7,16,25H,1-3,8-13H2,(H,21,22). The van der Waals surface area contributed by atoms with Crippen LogP contribution in [-0.2, 0) is 24.2 Å². The highest BCUT2D eigenvalue weighted by Gasteiger charge is 2.23. The summed E-state index contributed by atoms with van der Waals surface area (Å²) in [4.78, 5) is 19.5. The summed E-state index contributed by atoms with van der Waals surface area (Å²) in [7, 11) is 0. The van der Waals surface area contributed by atoms with Gasteiger partial charge >= 0.3 is 0 Å². The van der Waals surface area contributed by atoms with Gasteiger partial charge in [0.15, 0.2) is 5.13 Å². The summed E-state index contributed by atoms with van der Waals surface area (Å²) in [6.45, 7) is 1.39. The Bertz CT molecular complexity index is 783. The molecule has 0 bridgehead atoms. The Balaban J connectivity index is 1.38. The van der Waals surface area contributed by atoms with E-state index in [4.69, 9.17) is 0 Å². The second-order valence-electron chi connectivity index (χ2n) is 7.26. The highest BCUT2D eigenvalue weighted by Crippen LogP contribution is 2.31. The molecule has 5 nitrogen and oxygen atoms in total. The minimum Gasteiger partial charge on any atom is -0.492 e. The first kappa shape index (κ1) is 17.3. The van der Waals surface area contributed by atoms with Crippen LogP contribution in [0.3, 0.4) is 0 Å². The Morgan fingerprint density at radius 2 is 2.00 bits per heavy atom. The monoisotopic (exact) mass is 371 g/mol. The lowest BCUT2D eigenvalue weighted by Gasteiger charge is -2.28. The van der Waals surface area contributed by atoms with Crippen LogP contribution in [0.25, 0.3) is 0 Å². The van der Waals surface area contributed by atoms with Crippen molar-refractivity contribution in [2.75, 3.05) is 11.9 Å². The largest absolute Gasteiger partial charge is 0.492 e. The zero-order valence-corrected chi connectivity index (χ0v) is 15.7. The number of hydrogen-bond donors (Lipinski definition) is 2. The average molecular weight is 372 g/mol. The number of anilines is 1. The molecule has 1 amide bonds. The summed E-state index contributed by atoms with van der Waals surface area (Å²) >= 11 is 1.41. The van der Waals surface area contributed by atoms with E-state index in [-0.39, 0.29) is 18.2 Å². The first-order chi connectivity index (χ1) is 12.7. The fourth-order valence-corrected chi connectivity index (χ4v) is 4.82. The van der Waals surface area contributed by atoms with Crippen molar-refractivity contribution in [1.29, 1.82) is 0 Å². The van der Waals surface area contributed by atoms with Gasteiger partial charge in [-0.15, -0.1) is 0 Å². The number of amides is 1. The maximum absolute atomic E-state index is 12.7. The molecule has 0 atom stereocenters. The predicted octanol–water partition coefficient (Wildman–Crippen LogP) is 3.72. The van der Waals surface area contributed by atoms with E-state index < -0.39 is 0 Å². The van der Waals surface area contributed by atoms with Crippen LogP contribution in [0.2, 0.25) is 0 Å². The van der Waals surface area contributed by atoms with Crippen LogP contribution in [0.1, 0.15) is 48.1 Å². The molecular formula is C20H25N3O2S. The zero-order chi connectivity index (χ0) is 17.9. The molecule has 2 aromatic rings. The zero-order valence-electron chi connectivity index (χ0n) is 14.9. The quantitative estimate of drug-likeness (QED) is 0.860. The van der Waals surface area contributed by atoms with E-state index in [9.17, 15) is 9.90 Å². The number of aromatic nitrogens is 1.